The van der Waals surface area contributed by atoms with Crippen LogP contribution in [0, 0.1) is 5.92 Å². The summed E-state index contributed by atoms with van der Waals surface area (Å²) in [5.41, 5.74) is 0. The molecule has 0 aliphatic carbocycles. The molecule has 0 radical (unpaired) electrons. The van der Waals surface area contributed by atoms with Crippen LogP contribution in [0.5, 0.6) is 0 Å². The number of rotatable bonds is 5. The van der Waals surface area contributed by atoms with Crippen LogP contribution < -0.4 is 0 Å². The van der Waals surface area contributed by atoms with Gasteiger partial charge in [0, 0.05) is 46.3 Å². The summed E-state index contributed by atoms with van der Waals surface area (Å²) in [6.07, 6.45) is 1.45. The molecule has 3 atom stereocenters. The summed E-state index contributed by atoms with van der Waals surface area (Å²) in [5, 5.41) is 0. The van der Waals surface area contributed by atoms with Crippen molar-refractivity contribution < 1.29 is 17.9 Å². The number of alkyl halides is 1. The van der Waals surface area contributed by atoms with Crippen LogP contribution in [0.25, 0.3) is 0 Å². The molecule has 0 bridgehead atoms. The minimum Gasteiger partial charge on any atom is -0.377 e. The fourth-order valence-electron chi connectivity index (χ4n) is 2.88. The standard InChI is InChI=1S/C12H23ClN2O4S/c1-18-11-8-15(9-12(11)19-2)20(16,17)14-5-3-4-10(6-13)7-14/h10-12H,3-9H2,1-2H3. The highest BCUT2D eigenvalue weighted by atomic mass is 35.5. The van der Waals surface area contributed by atoms with Gasteiger partial charge in [-0.05, 0) is 18.8 Å². The zero-order chi connectivity index (χ0) is 14.8. The number of halogens is 1. The van der Waals surface area contributed by atoms with Crippen LogP contribution in [0.3, 0.4) is 0 Å². The lowest BCUT2D eigenvalue weighted by Crippen LogP contribution is -2.48. The molecule has 0 spiro atoms. The second-order valence-corrected chi connectivity index (χ2v) is 7.63. The van der Waals surface area contributed by atoms with Gasteiger partial charge in [0.2, 0.25) is 0 Å². The van der Waals surface area contributed by atoms with Gasteiger partial charge in [0.1, 0.15) is 0 Å². The molecule has 0 aromatic heterocycles. The molecule has 118 valence electrons. The molecule has 2 fully saturated rings. The van der Waals surface area contributed by atoms with Gasteiger partial charge in [0.25, 0.3) is 10.2 Å². The maximum Gasteiger partial charge on any atom is 0.282 e. The van der Waals surface area contributed by atoms with E-state index in [-0.39, 0.29) is 18.1 Å². The van der Waals surface area contributed by atoms with Crippen LogP contribution >= 0.6 is 11.6 Å². The lowest BCUT2D eigenvalue weighted by atomic mass is 10.0. The molecule has 6 nitrogen and oxygen atoms in total. The molecule has 2 aliphatic rings. The first-order valence-corrected chi connectivity index (χ1v) is 8.82. The van der Waals surface area contributed by atoms with Gasteiger partial charge in [0.15, 0.2) is 0 Å². The minimum atomic E-state index is -3.44. The Bertz CT molecular complexity index is 408. The number of nitrogens with zero attached hydrogens (tertiary/aromatic N) is 2. The highest BCUT2D eigenvalue weighted by molar-refractivity contribution is 7.86. The third kappa shape index (κ3) is 3.28. The number of methoxy groups -OCH3 is 2. The second kappa shape index (κ2) is 6.89. The first-order valence-electron chi connectivity index (χ1n) is 6.89. The van der Waals surface area contributed by atoms with Crippen molar-refractivity contribution in [2.75, 3.05) is 46.3 Å². The molecule has 0 saturated carbocycles. The first kappa shape index (κ1) is 16.5. The summed E-state index contributed by atoms with van der Waals surface area (Å²) >= 11 is 5.87. The lowest BCUT2D eigenvalue weighted by molar-refractivity contribution is -0.00461. The highest BCUT2D eigenvalue weighted by Crippen LogP contribution is 2.25. The fraction of sp³-hybridized carbons (Fsp3) is 1.00. The van der Waals surface area contributed by atoms with Gasteiger partial charge in [-0.25, -0.2) is 0 Å². The predicted molar refractivity (Wildman–Crippen MR) is 77.1 cm³/mol. The normalized spacial score (nSPS) is 33.6. The highest BCUT2D eigenvalue weighted by Gasteiger charge is 2.42. The van der Waals surface area contributed by atoms with E-state index in [1.807, 2.05) is 0 Å². The van der Waals surface area contributed by atoms with E-state index in [9.17, 15) is 8.42 Å². The molecule has 0 aromatic rings. The molecule has 2 aliphatic heterocycles. The van der Waals surface area contributed by atoms with Crippen molar-refractivity contribution in [1.82, 2.24) is 8.61 Å². The van der Waals surface area contributed by atoms with Crippen LogP contribution in [0.15, 0.2) is 0 Å². The molecule has 2 heterocycles. The van der Waals surface area contributed by atoms with E-state index in [4.69, 9.17) is 21.1 Å². The van der Waals surface area contributed by atoms with Crippen molar-refractivity contribution in [2.24, 2.45) is 5.92 Å². The average molecular weight is 327 g/mol. The van der Waals surface area contributed by atoms with Gasteiger partial charge < -0.3 is 9.47 Å². The first-order chi connectivity index (χ1) is 9.52. The summed E-state index contributed by atoms with van der Waals surface area (Å²) in [7, 11) is -0.282. The Morgan fingerprint density at radius 2 is 1.70 bits per heavy atom. The van der Waals surface area contributed by atoms with Gasteiger partial charge >= 0.3 is 0 Å². The SMILES string of the molecule is COC1CN(S(=O)(=O)N2CCCC(CCl)C2)CC1OC. The van der Waals surface area contributed by atoms with Gasteiger partial charge in [-0.1, -0.05) is 0 Å². The van der Waals surface area contributed by atoms with E-state index in [0.29, 0.717) is 32.1 Å². The molecule has 0 N–H and O–H groups in total. The van der Waals surface area contributed by atoms with Crippen LogP contribution in [-0.4, -0.2) is 75.5 Å². The third-order valence-corrected chi connectivity index (χ3v) is 6.51. The quantitative estimate of drug-likeness (QED) is 0.691. The molecule has 3 unspecified atom stereocenters. The van der Waals surface area contributed by atoms with E-state index >= 15 is 0 Å². The van der Waals surface area contributed by atoms with Crippen LogP contribution in [0.2, 0.25) is 0 Å². The van der Waals surface area contributed by atoms with Crippen LogP contribution in [0.1, 0.15) is 12.8 Å². The molecular weight excluding hydrogens is 304 g/mol. The summed E-state index contributed by atoms with van der Waals surface area (Å²) in [6, 6.07) is 0. The lowest BCUT2D eigenvalue weighted by Gasteiger charge is -2.33. The summed E-state index contributed by atoms with van der Waals surface area (Å²) in [5.74, 6) is 0.757. The largest absolute Gasteiger partial charge is 0.377 e. The average Bonchev–Trinajstić information content (AvgIpc) is 2.91. The molecule has 0 aromatic carbocycles. The Morgan fingerprint density at radius 3 is 2.20 bits per heavy atom. The molecule has 2 saturated heterocycles. The molecule has 2 rings (SSSR count). The van der Waals surface area contributed by atoms with Crippen LogP contribution in [-0.2, 0) is 19.7 Å². The topological polar surface area (TPSA) is 59.1 Å². The van der Waals surface area contributed by atoms with Crippen molar-refractivity contribution >= 4 is 21.8 Å². The Hall–Kier alpha value is 0.0800. The Labute approximate surface area is 126 Å². The van der Waals surface area contributed by atoms with E-state index in [0.717, 1.165) is 12.8 Å². The fourth-order valence-corrected chi connectivity index (χ4v) is 4.89. The van der Waals surface area contributed by atoms with Crippen molar-refractivity contribution in [2.45, 2.75) is 25.0 Å². The molecule has 20 heavy (non-hydrogen) atoms. The van der Waals surface area contributed by atoms with E-state index in [2.05, 4.69) is 0 Å². The molecule has 0 amide bonds. The van der Waals surface area contributed by atoms with Gasteiger partial charge in [0.05, 0.1) is 12.2 Å². The second-order valence-electron chi connectivity index (χ2n) is 5.39. The van der Waals surface area contributed by atoms with Crippen LogP contribution in [0.4, 0.5) is 0 Å². The zero-order valence-electron chi connectivity index (χ0n) is 12.0. The summed E-state index contributed by atoms with van der Waals surface area (Å²) < 4.78 is 39.0. The monoisotopic (exact) mass is 326 g/mol. The Balaban J connectivity index is 2.07. The zero-order valence-corrected chi connectivity index (χ0v) is 13.6. The van der Waals surface area contributed by atoms with Crippen molar-refractivity contribution in [1.29, 1.82) is 0 Å². The number of hydrogen-bond donors (Lipinski definition) is 0. The minimum absolute atomic E-state index is 0.205. The van der Waals surface area contributed by atoms with E-state index in [1.165, 1.54) is 4.31 Å². The van der Waals surface area contributed by atoms with Gasteiger partial charge in [-0.2, -0.15) is 17.0 Å². The summed E-state index contributed by atoms with van der Waals surface area (Å²) in [6.45, 7) is 1.78. The maximum atomic E-state index is 12.7. The number of hydrogen-bond acceptors (Lipinski definition) is 4. The van der Waals surface area contributed by atoms with Crippen molar-refractivity contribution in [3.05, 3.63) is 0 Å². The van der Waals surface area contributed by atoms with Gasteiger partial charge in [-0.3, -0.25) is 0 Å². The third-order valence-electron chi connectivity index (χ3n) is 4.14. The van der Waals surface area contributed by atoms with Crippen molar-refractivity contribution in [3.63, 3.8) is 0 Å². The smallest absolute Gasteiger partial charge is 0.282 e. The van der Waals surface area contributed by atoms with E-state index < -0.39 is 10.2 Å². The molecule has 8 heteroatoms. The van der Waals surface area contributed by atoms with E-state index in [1.54, 1.807) is 18.5 Å². The summed E-state index contributed by atoms with van der Waals surface area (Å²) in [4.78, 5) is 0. The number of piperidine rings is 1. The predicted octanol–water partition coefficient (Wildman–Crippen LogP) is 0.528. The number of ether oxygens (including phenoxy) is 2. The Kier molecular flexibility index (Phi) is 5.67. The Morgan fingerprint density at radius 1 is 1.10 bits per heavy atom. The maximum absolute atomic E-state index is 12.7. The molecular formula is C12H23ClN2O4S. The van der Waals surface area contributed by atoms with Gasteiger partial charge in [-0.15, -0.1) is 11.6 Å². The van der Waals surface area contributed by atoms with Crippen molar-refractivity contribution in [3.8, 4) is 0 Å².